The van der Waals surface area contributed by atoms with Crippen LogP contribution in [-0.2, 0) is 0 Å². The minimum absolute atomic E-state index is 0.876. The summed E-state index contributed by atoms with van der Waals surface area (Å²) in [5.41, 5.74) is 5.35. The summed E-state index contributed by atoms with van der Waals surface area (Å²) in [6.45, 7) is 12.6. The van der Waals surface area contributed by atoms with E-state index in [9.17, 15) is 0 Å². The molecule has 0 aliphatic rings. The molecule has 0 spiro atoms. The van der Waals surface area contributed by atoms with Crippen LogP contribution in [0.4, 0.5) is 0 Å². The second kappa shape index (κ2) is 17.6. The smallest absolute Gasteiger partial charge is 0.000863 e. The molecule has 2 heteroatoms. The molecule has 0 aliphatic carbocycles. The van der Waals surface area contributed by atoms with Crippen molar-refractivity contribution in [3.63, 3.8) is 0 Å². The largest absolute Gasteiger partial charge is 0.0683 e. The van der Waals surface area contributed by atoms with E-state index in [4.69, 9.17) is 0 Å². The Morgan fingerprint density at radius 1 is 0.288 bits per heavy atom. The first-order valence-electron chi connectivity index (χ1n) is 18.5. The fourth-order valence-corrected chi connectivity index (χ4v) is 12.3. The first-order chi connectivity index (χ1) is 25.7. The van der Waals surface area contributed by atoms with E-state index in [2.05, 4.69) is 196 Å². The molecule has 0 radical (unpaired) electrons. The van der Waals surface area contributed by atoms with Crippen LogP contribution in [0.2, 0.25) is 0 Å². The second-order valence-electron chi connectivity index (χ2n) is 12.3. The van der Waals surface area contributed by atoms with Crippen molar-refractivity contribution in [2.24, 2.45) is 0 Å². The summed E-state index contributed by atoms with van der Waals surface area (Å²) in [5.74, 6) is 0. The first kappa shape index (κ1) is 36.9. The van der Waals surface area contributed by atoms with Crippen molar-refractivity contribution in [3.05, 3.63) is 193 Å². The second-order valence-corrected chi connectivity index (χ2v) is 16.7. The van der Waals surface area contributed by atoms with Crippen LogP contribution in [0.25, 0.3) is 32.7 Å². The minimum Gasteiger partial charge on any atom is -0.0683 e. The summed E-state index contributed by atoms with van der Waals surface area (Å²) in [6.07, 6.45) is 0. The van der Waals surface area contributed by atoms with Crippen LogP contribution in [0.5, 0.6) is 0 Å². The third-order valence-corrected chi connectivity index (χ3v) is 14.2. The fraction of sp³-hybridized carbons (Fsp3) is 0.120. The third-order valence-electron chi connectivity index (χ3n) is 9.25. The Bertz CT molecular complexity index is 2100. The zero-order valence-corrected chi connectivity index (χ0v) is 33.0. The van der Waals surface area contributed by atoms with Crippen molar-refractivity contribution >= 4 is 69.2 Å². The number of aryl methyl sites for hydroxylation is 2. The summed E-state index contributed by atoms with van der Waals surface area (Å²) in [4.78, 5) is 0. The van der Waals surface area contributed by atoms with E-state index in [0.29, 0.717) is 0 Å². The molecule has 258 valence electrons. The summed E-state index contributed by atoms with van der Waals surface area (Å²) in [6, 6.07) is 67.8. The molecule has 0 nitrogen and oxygen atoms in total. The van der Waals surface area contributed by atoms with Gasteiger partial charge in [0.2, 0.25) is 0 Å². The number of hydrogen-bond donors (Lipinski definition) is 0. The van der Waals surface area contributed by atoms with Crippen molar-refractivity contribution in [1.29, 1.82) is 0 Å². The first-order valence-corrected chi connectivity index (χ1v) is 21.2. The normalized spacial score (nSPS) is 10.8. The number of fused-ring (bicyclic) bond motifs is 2. The van der Waals surface area contributed by atoms with Crippen LogP contribution in [0, 0.1) is 13.8 Å². The zero-order valence-electron chi connectivity index (χ0n) is 31.2. The predicted octanol–water partition coefficient (Wildman–Crippen LogP) is 11.8. The summed E-state index contributed by atoms with van der Waals surface area (Å²) >= 11 is 0. The molecule has 0 aliphatic heterocycles. The highest BCUT2D eigenvalue weighted by Crippen LogP contribution is 2.46. The summed E-state index contributed by atoms with van der Waals surface area (Å²) < 4.78 is 0. The maximum absolute atomic E-state index is 2.51. The molecule has 0 saturated heterocycles. The van der Waals surface area contributed by atoms with Crippen molar-refractivity contribution in [3.8, 4) is 11.1 Å². The van der Waals surface area contributed by atoms with Crippen LogP contribution in [0.1, 0.15) is 38.8 Å². The highest BCUT2D eigenvalue weighted by molar-refractivity contribution is 7.80. The zero-order chi connectivity index (χ0) is 36.5. The lowest BCUT2D eigenvalue weighted by molar-refractivity contribution is 1.50. The Labute approximate surface area is 313 Å². The van der Waals surface area contributed by atoms with Crippen molar-refractivity contribution in [2.45, 2.75) is 41.5 Å². The van der Waals surface area contributed by atoms with Gasteiger partial charge in [-0.3, -0.25) is 0 Å². The number of hydrogen-bond acceptors (Lipinski definition) is 0. The van der Waals surface area contributed by atoms with Crippen molar-refractivity contribution in [1.82, 2.24) is 0 Å². The van der Waals surface area contributed by atoms with Gasteiger partial charge in [0, 0.05) is 0 Å². The van der Waals surface area contributed by atoms with Gasteiger partial charge in [-0.25, -0.2) is 0 Å². The Hall–Kier alpha value is -4.86. The molecule has 0 unspecified atom stereocenters. The molecular weight excluding hydrogens is 662 g/mol. The lowest BCUT2D eigenvalue weighted by atomic mass is 9.90. The highest BCUT2D eigenvalue weighted by Gasteiger charge is 2.29. The molecule has 0 bridgehead atoms. The van der Waals surface area contributed by atoms with Gasteiger partial charge in [-0.2, -0.15) is 0 Å². The Morgan fingerprint density at radius 3 is 0.788 bits per heavy atom. The van der Waals surface area contributed by atoms with Gasteiger partial charge in [0.15, 0.2) is 0 Å². The maximum atomic E-state index is 2.51. The molecule has 8 aromatic rings. The molecule has 0 atom stereocenters. The molecular formula is C50H48P2. The molecule has 52 heavy (non-hydrogen) atoms. The maximum Gasteiger partial charge on any atom is -0.000863 e. The molecule has 0 N–H and O–H groups in total. The molecule has 8 rings (SSSR count). The number of benzene rings is 8. The van der Waals surface area contributed by atoms with E-state index in [-0.39, 0.29) is 0 Å². The van der Waals surface area contributed by atoms with Crippen molar-refractivity contribution in [2.75, 3.05) is 0 Å². The van der Waals surface area contributed by atoms with Crippen LogP contribution in [0.3, 0.4) is 0 Å². The van der Waals surface area contributed by atoms with Crippen LogP contribution >= 0.6 is 15.8 Å². The van der Waals surface area contributed by atoms with Gasteiger partial charge in [-0.05, 0) is 117 Å². The lowest BCUT2D eigenvalue weighted by Crippen LogP contribution is -2.26. The van der Waals surface area contributed by atoms with Crippen LogP contribution in [0.15, 0.2) is 182 Å². The molecule has 8 aromatic carbocycles. The van der Waals surface area contributed by atoms with Crippen LogP contribution in [-0.4, -0.2) is 0 Å². The molecule has 0 heterocycles. The quantitative estimate of drug-likeness (QED) is 0.145. The fourth-order valence-electron chi connectivity index (χ4n) is 7.12. The SMILES string of the molecule is CC.CC.Cc1cc(P(c2ccccc2)c2ccccc2)c(-c2c(P(c3ccccc3)c3ccccc3)cc(C)c3ccccc23)c2ccccc12. The topological polar surface area (TPSA) is 0 Å². The molecule has 0 saturated carbocycles. The third kappa shape index (κ3) is 7.38. The Kier molecular flexibility index (Phi) is 12.5. The van der Waals surface area contributed by atoms with Gasteiger partial charge in [0.05, 0.1) is 0 Å². The Morgan fingerprint density at radius 2 is 0.519 bits per heavy atom. The minimum atomic E-state index is -0.876. The number of rotatable bonds is 7. The van der Waals surface area contributed by atoms with E-state index in [0.717, 1.165) is 0 Å². The lowest BCUT2D eigenvalue weighted by Gasteiger charge is -2.29. The van der Waals surface area contributed by atoms with Gasteiger partial charge >= 0.3 is 0 Å². The summed E-state index contributed by atoms with van der Waals surface area (Å²) in [7, 11) is -1.75. The van der Waals surface area contributed by atoms with E-state index >= 15 is 0 Å². The van der Waals surface area contributed by atoms with Gasteiger partial charge in [0.25, 0.3) is 0 Å². The van der Waals surface area contributed by atoms with Crippen molar-refractivity contribution < 1.29 is 0 Å². The molecule has 0 aromatic heterocycles. The van der Waals surface area contributed by atoms with E-state index in [1.54, 1.807) is 0 Å². The standard InChI is InChI=1S/C46H36P2.2C2H6/c1-33-31-43(47(35-19-7-3-8-20-35)36-21-9-4-10-22-36)45(41-29-17-15-27-39(33)41)46-42-30-18-16-28-40(42)34(2)32-44(46)48(37-23-11-5-12-24-37)38-25-13-6-14-26-38;2*1-2/h3-32H,1-2H3;2*1-2H3. The Balaban J connectivity index is 0.00000112. The summed E-state index contributed by atoms with van der Waals surface area (Å²) in [5, 5.41) is 13.5. The van der Waals surface area contributed by atoms with E-state index in [1.807, 2.05) is 27.7 Å². The predicted molar refractivity (Wildman–Crippen MR) is 236 cm³/mol. The average Bonchev–Trinajstić information content (AvgIpc) is 3.22. The van der Waals surface area contributed by atoms with Gasteiger partial charge < -0.3 is 0 Å². The van der Waals surface area contributed by atoms with E-state index < -0.39 is 15.8 Å². The van der Waals surface area contributed by atoms with Gasteiger partial charge in [-0.1, -0.05) is 198 Å². The van der Waals surface area contributed by atoms with Gasteiger partial charge in [0.1, 0.15) is 0 Å². The molecule has 0 fully saturated rings. The highest BCUT2D eigenvalue weighted by atomic mass is 31.1. The van der Waals surface area contributed by atoms with Crippen LogP contribution < -0.4 is 31.8 Å². The van der Waals surface area contributed by atoms with E-state index in [1.165, 1.54) is 75.6 Å². The van der Waals surface area contributed by atoms with Gasteiger partial charge in [-0.15, -0.1) is 0 Å². The molecule has 0 amide bonds. The average molecular weight is 711 g/mol. The monoisotopic (exact) mass is 710 g/mol.